The summed E-state index contributed by atoms with van der Waals surface area (Å²) < 4.78 is 28.9. The van der Waals surface area contributed by atoms with E-state index in [4.69, 9.17) is 0 Å². The van der Waals surface area contributed by atoms with Gasteiger partial charge >= 0.3 is 5.69 Å². The highest BCUT2D eigenvalue weighted by molar-refractivity contribution is 6.05. The maximum absolute atomic E-state index is 13.7. The molecule has 128 valence electrons. The smallest absolute Gasteiger partial charge is 0.320 e. The zero-order chi connectivity index (χ0) is 18.3. The summed E-state index contributed by atoms with van der Waals surface area (Å²) in [7, 11) is 2.77. The second-order valence-corrected chi connectivity index (χ2v) is 5.38. The molecule has 3 aromatic rings. The number of pyridine rings is 1. The van der Waals surface area contributed by atoms with Gasteiger partial charge in [0.2, 0.25) is 0 Å². The van der Waals surface area contributed by atoms with E-state index in [2.05, 4.69) is 10.3 Å². The van der Waals surface area contributed by atoms with Crippen LogP contribution in [0, 0.1) is 11.6 Å². The normalized spacial score (nSPS) is 10.9. The number of nitrogens with one attached hydrogen (secondary N) is 1. The van der Waals surface area contributed by atoms with Gasteiger partial charge in [-0.1, -0.05) is 0 Å². The Morgan fingerprint density at radius 1 is 1.12 bits per heavy atom. The van der Waals surface area contributed by atoms with E-state index in [-0.39, 0.29) is 16.7 Å². The molecule has 0 aliphatic rings. The number of carbonyl (C=O) groups excluding carboxylic acids is 1. The molecular formula is C16H12F2N4O3. The number of aryl methyl sites for hydroxylation is 1. The summed E-state index contributed by atoms with van der Waals surface area (Å²) in [6.45, 7) is 0. The highest BCUT2D eigenvalue weighted by atomic mass is 19.1. The van der Waals surface area contributed by atoms with Crippen LogP contribution in [0.4, 0.5) is 14.5 Å². The molecule has 0 atom stereocenters. The fourth-order valence-electron chi connectivity index (χ4n) is 2.40. The Labute approximate surface area is 139 Å². The molecule has 0 spiro atoms. The van der Waals surface area contributed by atoms with Crippen LogP contribution in [-0.2, 0) is 14.1 Å². The second kappa shape index (κ2) is 5.93. The third-order valence-corrected chi connectivity index (χ3v) is 3.72. The zero-order valence-electron chi connectivity index (χ0n) is 13.2. The molecule has 0 aliphatic heterocycles. The van der Waals surface area contributed by atoms with E-state index in [1.165, 1.54) is 30.9 Å². The number of benzene rings is 1. The minimum Gasteiger partial charge on any atom is -0.320 e. The van der Waals surface area contributed by atoms with Crippen LogP contribution in [0.2, 0.25) is 0 Å². The molecule has 9 heteroatoms. The number of amides is 1. The monoisotopic (exact) mass is 346 g/mol. The van der Waals surface area contributed by atoms with Gasteiger partial charge in [-0.2, -0.15) is 0 Å². The zero-order valence-corrected chi connectivity index (χ0v) is 13.2. The Balaban J connectivity index is 2.06. The van der Waals surface area contributed by atoms with Crippen molar-refractivity contribution in [2.45, 2.75) is 0 Å². The first-order valence-corrected chi connectivity index (χ1v) is 7.12. The number of rotatable bonds is 2. The first-order chi connectivity index (χ1) is 11.8. The lowest BCUT2D eigenvalue weighted by molar-refractivity contribution is 0.102. The van der Waals surface area contributed by atoms with Crippen molar-refractivity contribution in [1.29, 1.82) is 0 Å². The quantitative estimate of drug-likeness (QED) is 0.755. The first-order valence-electron chi connectivity index (χ1n) is 7.12. The molecular weight excluding hydrogens is 334 g/mol. The van der Waals surface area contributed by atoms with E-state index in [0.717, 1.165) is 22.8 Å². The highest BCUT2D eigenvalue weighted by Crippen LogP contribution is 2.15. The molecule has 0 radical (unpaired) electrons. The number of carbonyl (C=O) groups is 1. The van der Waals surface area contributed by atoms with Crippen LogP contribution < -0.4 is 16.6 Å². The molecule has 1 amide bonds. The molecule has 0 unspecified atom stereocenters. The molecule has 7 nitrogen and oxygen atoms in total. The lowest BCUT2D eigenvalue weighted by Gasteiger charge is -2.09. The van der Waals surface area contributed by atoms with Crippen molar-refractivity contribution in [2.24, 2.45) is 14.1 Å². The van der Waals surface area contributed by atoms with Crippen LogP contribution in [-0.4, -0.2) is 20.0 Å². The van der Waals surface area contributed by atoms with Gasteiger partial charge in [-0.15, -0.1) is 0 Å². The predicted molar refractivity (Wildman–Crippen MR) is 86.5 cm³/mol. The van der Waals surface area contributed by atoms with E-state index in [0.29, 0.717) is 0 Å². The fourth-order valence-corrected chi connectivity index (χ4v) is 2.40. The highest BCUT2D eigenvalue weighted by Gasteiger charge is 2.15. The number of nitrogens with zero attached hydrogens (tertiary/aromatic N) is 3. The molecule has 25 heavy (non-hydrogen) atoms. The van der Waals surface area contributed by atoms with Gasteiger partial charge in [0.05, 0.1) is 22.8 Å². The lowest BCUT2D eigenvalue weighted by atomic mass is 10.2. The predicted octanol–water partition coefficient (Wildman–Crippen LogP) is 1.16. The van der Waals surface area contributed by atoms with Crippen LogP contribution in [0.5, 0.6) is 0 Å². The van der Waals surface area contributed by atoms with Gasteiger partial charge in [0, 0.05) is 14.1 Å². The van der Waals surface area contributed by atoms with E-state index in [9.17, 15) is 23.2 Å². The van der Waals surface area contributed by atoms with Gasteiger partial charge in [-0.3, -0.25) is 18.7 Å². The first kappa shape index (κ1) is 16.5. The summed E-state index contributed by atoms with van der Waals surface area (Å²) >= 11 is 0. The van der Waals surface area contributed by atoms with Crippen molar-refractivity contribution in [2.75, 3.05) is 5.32 Å². The topological polar surface area (TPSA) is 86.0 Å². The molecule has 1 aromatic carbocycles. The van der Waals surface area contributed by atoms with Crippen LogP contribution in [0.1, 0.15) is 10.4 Å². The van der Waals surface area contributed by atoms with Gasteiger partial charge in [0.15, 0.2) is 0 Å². The van der Waals surface area contributed by atoms with E-state index in [1.807, 2.05) is 0 Å². The number of aromatic nitrogens is 3. The van der Waals surface area contributed by atoms with Gasteiger partial charge in [-0.05, 0) is 24.3 Å². The van der Waals surface area contributed by atoms with Gasteiger partial charge in [0.1, 0.15) is 17.3 Å². The van der Waals surface area contributed by atoms with E-state index in [1.54, 1.807) is 0 Å². The van der Waals surface area contributed by atoms with Crippen molar-refractivity contribution < 1.29 is 13.6 Å². The molecule has 0 aliphatic carbocycles. The van der Waals surface area contributed by atoms with Crippen molar-refractivity contribution in [3.8, 4) is 0 Å². The number of halogens is 2. The SMILES string of the molecule is Cn1c(=O)c2cc(NC(=O)c3cc(F)ccc3F)cnc2n(C)c1=O. The Morgan fingerprint density at radius 3 is 2.56 bits per heavy atom. The molecule has 0 bridgehead atoms. The summed E-state index contributed by atoms with van der Waals surface area (Å²) in [4.78, 5) is 40.2. The second-order valence-electron chi connectivity index (χ2n) is 5.38. The van der Waals surface area contributed by atoms with Crippen LogP contribution in [0.25, 0.3) is 11.0 Å². The Morgan fingerprint density at radius 2 is 1.84 bits per heavy atom. The Hall–Kier alpha value is -3.36. The maximum Gasteiger partial charge on any atom is 0.332 e. The molecule has 3 rings (SSSR count). The number of fused-ring (bicyclic) bond motifs is 1. The number of anilines is 1. The summed E-state index contributed by atoms with van der Waals surface area (Å²) in [6.07, 6.45) is 1.22. The Bertz CT molecular complexity index is 1130. The molecule has 0 fully saturated rings. The number of hydrogen-bond acceptors (Lipinski definition) is 4. The van der Waals surface area contributed by atoms with Gasteiger partial charge in [-0.25, -0.2) is 18.6 Å². The minimum atomic E-state index is -0.889. The fraction of sp³-hybridized carbons (Fsp3) is 0.125. The van der Waals surface area contributed by atoms with Gasteiger partial charge in [0.25, 0.3) is 11.5 Å². The standard InChI is InChI=1S/C16H12F2N4O3/c1-21-13-11(15(24)22(2)16(21)25)6-9(7-19-13)20-14(23)10-5-8(17)3-4-12(10)18/h3-7H,1-2H3,(H,20,23). The molecule has 2 aromatic heterocycles. The molecule has 0 saturated carbocycles. The summed E-state index contributed by atoms with van der Waals surface area (Å²) in [5, 5.41) is 2.45. The van der Waals surface area contributed by atoms with Crippen molar-refractivity contribution in [3.63, 3.8) is 0 Å². The van der Waals surface area contributed by atoms with Crippen LogP contribution in [0.15, 0.2) is 40.1 Å². The minimum absolute atomic E-state index is 0.0992. The molecule has 1 N–H and O–H groups in total. The third-order valence-electron chi connectivity index (χ3n) is 3.72. The Kier molecular flexibility index (Phi) is 3.91. The summed E-state index contributed by atoms with van der Waals surface area (Å²) in [6, 6.07) is 3.82. The van der Waals surface area contributed by atoms with Crippen molar-refractivity contribution in [1.82, 2.24) is 14.1 Å². The van der Waals surface area contributed by atoms with Crippen LogP contribution >= 0.6 is 0 Å². The van der Waals surface area contributed by atoms with Crippen LogP contribution in [0.3, 0.4) is 0 Å². The van der Waals surface area contributed by atoms with Crippen molar-refractivity contribution in [3.05, 3.63) is 68.5 Å². The largest absolute Gasteiger partial charge is 0.332 e. The molecule has 2 heterocycles. The van der Waals surface area contributed by atoms with E-state index < -0.39 is 34.4 Å². The maximum atomic E-state index is 13.7. The number of hydrogen-bond donors (Lipinski definition) is 1. The van der Waals surface area contributed by atoms with Crippen molar-refractivity contribution >= 4 is 22.6 Å². The average Bonchev–Trinajstić information content (AvgIpc) is 2.60. The van der Waals surface area contributed by atoms with E-state index >= 15 is 0 Å². The van der Waals surface area contributed by atoms with Gasteiger partial charge < -0.3 is 5.32 Å². The molecule has 0 saturated heterocycles. The lowest BCUT2D eigenvalue weighted by Crippen LogP contribution is -2.37. The average molecular weight is 346 g/mol. The summed E-state index contributed by atoms with van der Waals surface area (Å²) in [5.74, 6) is -2.53. The summed E-state index contributed by atoms with van der Waals surface area (Å²) in [5.41, 5.74) is -1.35. The third kappa shape index (κ3) is 2.80.